The van der Waals surface area contributed by atoms with Crippen LogP contribution in [0.5, 0.6) is 0 Å². The molecular formula is C18H13BrS. The first-order valence-corrected chi connectivity index (χ1v) is 8.40. The smallest absolute Gasteiger partial charge is 0.0352 e. The van der Waals surface area contributed by atoms with Crippen molar-refractivity contribution in [2.45, 2.75) is 12.8 Å². The highest BCUT2D eigenvalue weighted by molar-refractivity contribution is 9.10. The second-order valence-electron chi connectivity index (χ2n) is 5.11. The van der Waals surface area contributed by atoms with E-state index in [1.165, 1.54) is 44.5 Å². The first-order valence-electron chi connectivity index (χ1n) is 6.79. The molecule has 0 unspecified atom stereocenters. The summed E-state index contributed by atoms with van der Waals surface area (Å²) in [7, 11) is 0. The van der Waals surface area contributed by atoms with Gasteiger partial charge in [0.1, 0.15) is 0 Å². The van der Waals surface area contributed by atoms with Crippen molar-refractivity contribution in [3.05, 3.63) is 63.5 Å². The molecule has 0 atom stereocenters. The van der Waals surface area contributed by atoms with Crippen LogP contribution < -0.4 is 0 Å². The Bertz CT molecular complexity index is 827. The number of hydrogen-bond donors (Lipinski definition) is 0. The first kappa shape index (κ1) is 12.4. The van der Waals surface area contributed by atoms with Crippen LogP contribution in [0.15, 0.2) is 53.0 Å². The molecule has 0 aliphatic heterocycles. The summed E-state index contributed by atoms with van der Waals surface area (Å²) in [5, 5.41) is 1.44. The molecule has 20 heavy (non-hydrogen) atoms. The first-order chi connectivity index (χ1) is 9.81. The van der Waals surface area contributed by atoms with Gasteiger partial charge in [0, 0.05) is 14.0 Å². The van der Waals surface area contributed by atoms with Gasteiger partial charge in [0.15, 0.2) is 0 Å². The van der Waals surface area contributed by atoms with Crippen LogP contribution in [0.4, 0.5) is 0 Å². The maximum atomic E-state index is 3.55. The fraction of sp³-hybridized carbons (Fsp3) is 0.111. The Balaban J connectivity index is 1.92. The van der Waals surface area contributed by atoms with E-state index in [-0.39, 0.29) is 0 Å². The molecular weight excluding hydrogens is 328 g/mol. The molecule has 0 nitrogen and oxygen atoms in total. The molecule has 1 aromatic heterocycles. The predicted octanol–water partition coefficient (Wildman–Crippen LogP) is 6.29. The largest absolute Gasteiger partial charge is 0.136 e. The average Bonchev–Trinajstić information content (AvgIpc) is 2.85. The van der Waals surface area contributed by atoms with Gasteiger partial charge in [-0.25, -0.2) is 0 Å². The van der Waals surface area contributed by atoms with E-state index in [0.717, 1.165) is 4.47 Å². The van der Waals surface area contributed by atoms with Crippen molar-refractivity contribution in [2.75, 3.05) is 0 Å². The summed E-state index contributed by atoms with van der Waals surface area (Å²) in [4.78, 5) is 1.44. The third-order valence-corrected chi connectivity index (χ3v) is 5.48. The number of halogens is 1. The van der Waals surface area contributed by atoms with E-state index in [0.29, 0.717) is 0 Å². The van der Waals surface area contributed by atoms with Crippen LogP contribution in [0, 0.1) is 0 Å². The highest BCUT2D eigenvalue weighted by atomic mass is 79.9. The van der Waals surface area contributed by atoms with Crippen molar-refractivity contribution in [2.24, 2.45) is 0 Å². The third-order valence-electron chi connectivity index (χ3n) is 3.81. The van der Waals surface area contributed by atoms with Gasteiger partial charge >= 0.3 is 0 Å². The molecule has 2 aromatic carbocycles. The second kappa shape index (κ2) is 4.87. The lowest BCUT2D eigenvalue weighted by molar-refractivity contribution is 1.01. The van der Waals surface area contributed by atoms with Crippen LogP contribution in [0.25, 0.3) is 27.3 Å². The topological polar surface area (TPSA) is 0 Å². The van der Waals surface area contributed by atoms with Gasteiger partial charge < -0.3 is 0 Å². The molecule has 0 N–H and O–H groups in total. The van der Waals surface area contributed by atoms with Crippen molar-refractivity contribution in [1.82, 2.24) is 0 Å². The molecule has 1 aliphatic rings. The number of allylic oxidation sites excluding steroid dienone is 1. The van der Waals surface area contributed by atoms with Crippen molar-refractivity contribution < 1.29 is 0 Å². The van der Waals surface area contributed by atoms with E-state index in [1.54, 1.807) is 0 Å². The van der Waals surface area contributed by atoms with Crippen LogP contribution in [0.1, 0.15) is 16.9 Å². The molecule has 0 fully saturated rings. The minimum atomic E-state index is 1.13. The van der Waals surface area contributed by atoms with Crippen LogP contribution in [-0.2, 0) is 6.42 Å². The number of aryl methyl sites for hydroxylation is 1. The molecule has 1 heterocycles. The second-order valence-corrected chi connectivity index (χ2v) is 7.11. The molecule has 0 saturated heterocycles. The van der Waals surface area contributed by atoms with Gasteiger partial charge in [-0.3, -0.25) is 0 Å². The summed E-state index contributed by atoms with van der Waals surface area (Å²) in [6, 6.07) is 15.4. The zero-order chi connectivity index (χ0) is 13.5. The number of rotatable bonds is 1. The standard InChI is InChI=1S/C18H13BrS/c19-14-5-3-4-12(10-14)13-8-9-18-16(11-13)15-6-1-2-7-17(15)20-18/h2-5,7-11H,1,6H2. The van der Waals surface area contributed by atoms with Crippen LogP contribution in [-0.4, -0.2) is 0 Å². The lowest BCUT2D eigenvalue weighted by atomic mass is 9.98. The Morgan fingerprint density at radius 2 is 1.90 bits per heavy atom. The Labute approximate surface area is 130 Å². The van der Waals surface area contributed by atoms with Crippen molar-refractivity contribution in [3.8, 4) is 11.1 Å². The van der Waals surface area contributed by atoms with Gasteiger partial charge in [-0.15, -0.1) is 11.3 Å². The predicted molar refractivity (Wildman–Crippen MR) is 92.3 cm³/mol. The molecule has 98 valence electrons. The SMILES string of the molecule is Brc1cccc(-c2ccc3sc4c(c3c2)CCC=C4)c1. The van der Waals surface area contributed by atoms with Gasteiger partial charge in [-0.2, -0.15) is 0 Å². The molecule has 0 radical (unpaired) electrons. The fourth-order valence-corrected chi connectivity index (χ4v) is 4.39. The minimum Gasteiger partial charge on any atom is -0.136 e. The number of hydrogen-bond acceptors (Lipinski definition) is 1. The molecule has 0 spiro atoms. The minimum absolute atomic E-state index is 1.13. The Hall–Kier alpha value is -1.38. The van der Waals surface area contributed by atoms with Gasteiger partial charge in [-0.1, -0.05) is 40.2 Å². The summed E-state index contributed by atoms with van der Waals surface area (Å²) in [5.41, 5.74) is 4.10. The Morgan fingerprint density at radius 3 is 2.80 bits per heavy atom. The monoisotopic (exact) mass is 340 g/mol. The van der Waals surface area contributed by atoms with Crippen LogP contribution >= 0.6 is 27.3 Å². The summed E-state index contributed by atoms with van der Waals surface area (Å²) in [5.74, 6) is 0. The highest BCUT2D eigenvalue weighted by Crippen LogP contribution is 2.37. The summed E-state index contributed by atoms with van der Waals surface area (Å²) < 4.78 is 2.53. The van der Waals surface area contributed by atoms with E-state index in [1.807, 2.05) is 11.3 Å². The normalized spacial score (nSPS) is 13.7. The summed E-state index contributed by atoms with van der Waals surface area (Å²) in [6.45, 7) is 0. The Morgan fingerprint density at radius 1 is 1.00 bits per heavy atom. The quantitative estimate of drug-likeness (QED) is 0.488. The molecule has 1 aliphatic carbocycles. The van der Waals surface area contributed by atoms with Gasteiger partial charge in [0.2, 0.25) is 0 Å². The maximum Gasteiger partial charge on any atom is 0.0352 e. The molecule has 0 saturated carbocycles. The Kier molecular flexibility index (Phi) is 3.01. The molecule has 0 amide bonds. The highest BCUT2D eigenvalue weighted by Gasteiger charge is 2.13. The zero-order valence-electron chi connectivity index (χ0n) is 10.9. The van der Waals surface area contributed by atoms with Gasteiger partial charge in [0.05, 0.1) is 0 Å². The number of thiophene rings is 1. The van der Waals surface area contributed by atoms with E-state index in [4.69, 9.17) is 0 Å². The van der Waals surface area contributed by atoms with Crippen LogP contribution in [0.2, 0.25) is 0 Å². The van der Waals surface area contributed by atoms with E-state index < -0.39 is 0 Å². The third kappa shape index (κ3) is 2.04. The van der Waals surface area contributed by atoms with E-state index in [9.17, 15) is 0 Å². The fourth-order valence-electron chi connectivity index (χ4n) is 2.83. The summed E-state index contributed by atoms with van der Waals surface area (Å²) >= 11 is 5.47. The van der Waals surface area contributed by atoms with Crippen LogP contribution in [0.3, 0.4) is 0 Å². The molecule has 3 aromatic rings. The lowest BCUT2D eigenvalue weighted by Crippen LogP contribution is -1.89. The lowest BCUT2D eigenvalue weighted by Gasteiger charge is -2.06. The van der Waals surface area contributed by atoms with Gasteiger partial charge in [-0.05, 0) is 65.3 Å². The zero-order valence-corrected chi connectivity index (χ0v) is 13.3. The van der Waals surface area contributed by atoms with Crippen molar-refractivity contribution in [1.29, 1.82) is 0 Å². The maximum absolute atomic E-state index is 3.55. The number of fused-ring (bicyclic) bond motifs is 3. The van der Waals surface area contributed by atoms with E-state index >= 15 is 0 Å². The van der Waals surface area contributed by atoms with Gasteiger partial charge in [0.25, 0.3) is 0 Å². The summed E-state index contributed by atoms with van der Waals surface area (Å²) in [6.07, 6.45) is 6.91. The van der Waals surface area contributed by atoms with E-state index in [2.05, 4.69) is 70.5 Å². The van der Waals surface area contributed by atoms with Crippen molar-refractivity contribution in [3.63, 3.8) is 0 Å². The molecule has 4 rings (SSSR count). The number of benzene rings is 2. The average molecular weight is 341 g/mol. The molecule has 2 heteroatoms. The van der Waals surface area contributed by atoms with Crippen molar-refractivity contribution >= 4 is 43.4 Å². The molecule has 0 bridgehead atoms.